The van der Waals surface area contributed by atoms with Crippen molar-refractivity contribution in [1.82, 2.24) is 9.55 Å². The van der Waals surface area contributed by atoms with Gasteiger partial charge in [0.1, 0.15) is 0 Å². The smallest absolute Gasteiger partial charge is 0.308 e. The highest BCUT2D eigenvalue weighted by Gasteiger charge is 2.12. The normalized spacial score (nSPS) is 12.3. The van der Waals surface area contributed by atoms with Gasteiger partial charge in [0, 0.05) is 18.9 Å². The molecule has 1 heterocycles. The monoisotopic (exact) mass is 252 g/mol. The molecule has 4 heteroatoms. The Bertz CT molecular complexity index is 323. The molecule has 0 spiro atoms. The van der Waals surface area contributed by atoms with Crippen LogP contribution in [0, 0.1) is 5.92 Å². The molecule has 1 rings (SSSR count). The summed E-state index contributed by atoms with van der Waals surface area (Å²) >= 11 is 0. The van der Waals surface area contributed by atoms with Crippen molar-refractivity contribution in [2.75, 3.05) is 6.61 Å². The number of esters is 1. The van der Waals surface area contributed by atoms with Gasteiger partial charge in [0.05, 0.1) is 18.9 Å². The molecule has 0 aliphatic carbocycles. The van der Waals surface area contributed by atoms with Gasteiger partial charge in [0.25, 0.3) is 0 Å². The van der Waals surface area contributed by atoms with Gasteiger partial charge < -0.3 is 9.30 Å². The van der Waals surface area contributed by atoms with Gasteiger partial charge in [-0.25, -0.2) is 4.98 Å². The Morgan fingerprint density at radius 2 is 2.11 bits per heavy atom. The largest absolute Gasteiger partial charge is 0.466 e. The van der Waals surface area contributed by atoms with Crippen molar-refractivity contribution < 1.29 is 9.53 Å². The number of hydrogen-bond acceptors (Lipinski definition) is 3. The van der Waals surface area contributed by atoms with Crippen LogP contribution in [0.5, 0.6) is 0 Å². The molecule has 102 valence electrons. The van der Waals surface area contributed by atoms with Crippen LogP contribution >= 0.6 is 0 Å². The number of aryl methyl sites for hydroxylation is 1. The van der Waals surface area contributed by atoms with E-state index in [2.05, 4.69) is 9.55 Å². The molecule has 1 aromatic heterocycles. The maximum atomic E-state index is 11.4. The van der Waals surface area contributed by atoms with Gasteiger partial charge in [-0.3, -0.25) is 4.79 Å². The first-order valence-corrected chi connectivity index (χ1v) is 6.86. The van der Waals surface area contributed by atoms with Crippen LogP contribution < -0.4 is 0 Å². The van der Waals surface area contributed by atoms with Gasteiger partial charge in [-0.2, -0.15) is 0 Å². The molecule has 0 aliphatic heterocycles. The Balaban J connectivity index is 1.96. The maximum absolute atomic E-state index is 11.4. The lowest BCUT2D eigenvalue weighted by atomic mass is 10.0. The van der Waals surface area contributed by atoms with Crippen molar-refractivity contribution in [2.24, 2.45) is 5.92 Å². The summed E-state index contributed by atoms with van der Waals surface area (Å²) in [6.07, 6.45) is 11.2. The van der Waals surface area contributed by atoms with Crippen molar-refractivity contribution in [3.05, 3.63) is 18.7 Å². The molecule has 0 aromatic carbocycles. The average molecular weight is 252 g/mol. The Morgan fingerprint density at radius 1 is 1.33 bits per heavy atom. The van der Waals surface area contributed by atoms with Crippen LogP contribution in [0.2, 0.25) is 0 Å². The van der Waals surface area contributed by atoms with Crippen LogP contribution in [-0.4, -0.2) is 22.1 Å². The van der Waals surface area contributed by atoms with Gasteiger partial charge in [-0.05, 0) is 19.8 Å². The van der Waals surface area contributed by atoms with E-state index in [0.717, 1.165) is 19.4 Å². The van der Waals surface area contributed by atoms with Crippen LogP contribution in [0.25, 0.3) is 0 Å². The van der Waals surface area contributed by atoms with Gasteiger partial charge >= 0.3 is 5.97 Å². The van der Waals surface area contributed by atoms with Crippen LogP contribution in [-0.2, 0) is 16.1 Å². The molecule has 1 aromatic rings. The molecule has 1 atom stereocenters. The SMILES string of the molecule is CCOC(=O)C(C)CCCCCCn1ccnc1. The third-order valence-corrected chi connectivity index (χ3v) is 3.05. The summed E-state index contributed by atoms with van der Waals surface area (Å²) in [4.78, 5) is 15.4. The van der Waals surface area contributed by atoms with Crippen molar-refractivity contribution >= 4 is 5.97 Å². The number of aromatic nitrogens is 2. The van der Waals surface area contributed by atoms with E-state index in [1.165, 1.54) is 19.3 Å². The minimum Gasteiger partial charge on any atom is -0.466 e. The van der Waals surface area contributed by atoms with E-state index in [-0.39, 0.29) is 11.9 Å². The zero-order valence-electron chi connectivity index (χ0n) is 11.5. The van der Waals surface area contributed by atoms with Gasteiger partial charge in [0.15, 0.2) is 0 Å². The molecule has 0 aliphatic rings. The summed E-state index contributed by atoms with van der Waals surface area (Å²) in [5.41, 5.74) is 0. The van der Waals surface area contributed by atoms with Crippen LogP contribution in [0.15, 0.2) is 18.7 Å². The van der Waals surface area contributed by atoms with Crippen LogP contribution in [0.1, 0.15) is 46.0 Å². The van der Waals surface area contributed by atoms with E-state index in [0.29, 0.717) is 6.61 Å². The summed E-state index contributed by atoms with van der Waals surface area (Å²) in [7, 11) is 0. The van der Waals surface area contributed by atoms with Crippen LogP contribution in [0.4, 0.5) is 0 Å². The second-order valence-electron chi connectivity index (χ2n) is 4.66. The fraction of sp³-hybridized carbons (Fsp3) is 0.714. The van der Waals surface area contributed by atoms with Gasteiger partial charge in [-0.15, -0.1) is 0 Å². The van der Waals surface area contributed by atoms with Crippen molar-refractivity contribution in [3.63, 3.8) is 0 Å². The standard InChI is InChI=1S/C14H24N2O2/c1-3-18-14(17)13(2)8-6-4-5-7-10-16-11-9-15-12-16/h9,11-13H,3-8,10H2,1-2H3. The number of ether oxygens (including phenoxy) is 1. The van der Waals surface area contributed by atoms with Crippen molar-refractivity contribution in [1.29, 1.82) is 0 Å². The van der Waals surface area contributed by atoms with E-state index in [1.807, 2.05) is 26.4 Å². The maximum Gasteiger partial charge on any atom is 0.308 e. The van der Waals surface area contributed by atoms with Crippen molar-refractivity contribution in [3.8, 4) is 0 Å². The summed E-state index contributed by atoms with van der Waals surface area (Å²) in [6.45, 7) is 5.31. The van der Waals surface area contributed by atoms with Crippen LogP contribution in [0.3, 0.4) is 0 Å². The number of carbonyl (C=O) groups is 1. The van der Waals surface area contributed by atoms with E-state index in [4.69, 9.17) is 4.74 Å². The predicted octanol–water partition coefficient (Wildman–Crippen LogP) is 3.03. The number of rotatable bonds is 9. The van der Waals surface area contributed by atoms with E-state index < -0.39 is 0 Å². The zero-order chi connectivity index (χ0) is 13.2. The Morgan fingerprint density at radius 3 is 2.78 bits per heavy atom. The van der Waals surface area contributed by atoms with E-state index >= 15 is 0 Å². The third-order valence-electron chi connectivity index (χ3n) is 3.05. The zero-order valence-corrected chi connectivity index (χ0v) is 11.5. The fourth-order valence-corrected chi connectivity index (χ4v) is 1.92. The topological polar surface area (TPSA) is 44.1 Å². The summed E-state index contributed by atoms with van der Waals surface area (Å²) in [5, 5.41) is 0. The first-order valence-electron chi connectivity index (χ1n) is 6.86. The molecule has 0 fully saturated rings. The first-order chi connectivity index (χ1) is 8.74. The number of nitrogens with zero attached hydrogens (tertiary/aromatic N) is 2. The molecule has 18 heavy (non-hydrogen) atoms. The summed E-state index contributed by atoms with van der Waals surface area (Å²) in [5.74, 6) is -0.0190. The predicted molar refractivity (Wildman–Crippen MR) is 71.1 cm³/mol. The second-order valence-corrected chi connectivity index (χ2v) is 4.66. The molecular formula is C14H24N2O2. The summed E-state index contributed by atoms with van der Waals surface area (Å²) < 4.78 is 7.08. The molecule has 0 bridgehead atoms. The molecule has 1 unspecified atom stereocenters. The minimum atomic E-state index is -0.0593. The molecule has 4 nitrogen and oxygen atoms in total. The minimum absolute atomic E-state index is 0.0404. The average Bonchev–Trinajstić information content (AvgIpc) is 2.86. The molecule has 0 saturated carbocycles. The molecule has 0 saturated heterocycles. The fourth-order valence-electron chi connectivity index (χ4n) is 1.92. The second kappa shape index (κ2) is 8.72. The Hall–Kier alpha value is -1.32. The van der Waals surface area contributed by atoms with Gasteiger partial charge in [0.2, 0.25) is 0 Å². The molecule has 0 amide bonds. The lowest BCUT2D eigenvalue weighted by molar-refractivity contribution is -0.147. The molecule has 0 N–H and O–H groups in total. The quantitative estimate of drug-likeness (QED) is 0.501. The first kappa shape index (κ1) is 14.7. The number of unbranched alkanes of at least 4 members (excludes halogenated alkanes) is 3. The van der Waals surface area contributed by atoms with Crippen molar-refractivity contribution in [2.45, 2.75) is 52.5 Å². The van der Waals surface area contributed by atoms with Gasteiger partial charge in [-0.1, -0.05) is 26.2 Å². The lowest BCUT2D eigenvalue weighted by Crippen LogP contribution is -2.14. The van der Waals surface area contributed by atoms with E-state index in [1.54, 1.807) is 6.20 Å². The highest BCUT2D eigenvalue weighted by Crippen LogP contribution is 2.12. The number of hydrogen-bond donors (Lipinski definition) is 0. The lowest BCUT2D eigenvalue weighted by Gasteiger charge is -2.09. The number of carbonyl (C=O) groups excluding carboxylic acids is 1. The Kier molecular flexibility index (Phi) is 7.14. The van der Waals surface area contributed by atoms with E-state index in [9.17, 15) is 4.79 Å². The third kappa shape index (κ3) is 5.84. The number of imidazole rings is 1. The highest BCUT2D eigenvalue weighted by molar-refractivity contribution is 5.71. The molecular weight excluding hydrogens is 228 g/mol. The highest BCUT2D eigenvalue weighted by atomic mass is 16.5. The molecule has 0 radical (unpaired) electrons. The summed E-state index contributed by atoms with van der Waals surface area (Å²) in [6, 6.07) is 0. The Labute approximate surface area is 109 Å².